The molecule has 0 heterocycles. The van der Waals surface area contributed by atoms with Crippen molar-refractivity contribution in [2.45, 2.75) is 72.3 Å². The summed E-state index contributed by atoms with van der Waals surface area (Å²) < 4.78 is 10.1. The molecule has 0 bridgehead atoms. The smallest absolute Gasteiger partial charge is 0.323 e. The van der Waals surface area contributed by atoms with E-state index in [1.807, 2.05) is 56.3 Å². The number of Topliss-reactive ketones (excluding diaryl/α,β-unsaturated/α-hetero) is 1. The zero-order chi connectivity index (χ0) is 23.8. The molecule has 1 N–H and O–H groups in total. The van der Waals surface area contributed by atoms with Gasteiger partial charge in [0.2, 0.25) is 0 Å². The number of allylic oxidation sites excluding steroid dienone is 1. The van der Waals surface area contributed by atoms with Gasteiger partial charge in [0.1, 0.15) is 11.8 Å². The fraction of sp³-hybridized carbons (Fsp3) is 0.577. The van der Waals surface area contributed by atoms with Gasteiger partial charge in [-0.3, -0.25) is 14.4 Å². The fourth-order valence-corrected chi connectivity index (χ4v) is 3.36. The van der Waals surface area contributed by atoms with Gasteiger partial charge in [0.15, 0.2) is 0 Å². The molecule has 178 valence electrons. The summed E-state index contributed by atoms with van der Waals surface area (Å²) in [5, 5.41) is 3.18. The van der Waals surface area contributed by atoms with Crippen LogP contribution in [-0.4, -0.2) is 43.5 Å². The highest BCUT2D eigenvalue weighted by molar-refractivity contribution is 5.84. The SMILES string of the molecule is CCOC(=O)CCC/C=C\CC(NCCC(=O)C(C)(C)Cc1ccccc1)C(=O)OCC. The number of hydrogen-bond donors (Lipinski definition) is 1. The first-order chi connectivity index (χ1) is 15.3. The number of rotatable bonds is 16. The number of esters is 2. The molecule has 0 aliphatic carbocycles. The van der Waals surface area contributed by atoms with Crippen LogP contribution in [0.1, 0.15) is 65.4 Å². The molecule has 1 rings (SSSR count). The van der Waals surface area contributed by atoms with Crippen molar-refractivity contribution in [1.82, 2.24) is 5.32 Å². The van der Waals surface area contributed by atoms with Gasteiger partial charge in [0.05, 0.1) is 13.2 Å². The number of hydrogen-bond acceptors (Lipinski definition) is 6. The van der Waals surface area contributed by atoms with Crippen molar-refractivity contribution in [3.63, 3.8) is 0 Å². The van der Waals surface area contributed by atoms with Crippen LogP contribution in [0.3, 0.4) is 0 Å². The summed E-state index contributed by atoms with van der Waals surface area (Å²) >= 11 is 0. The Kier molecular flexibility index (Phi) is 13.2. The fourth-order valence-electron chi connectivity index (χ4n) is 3.36. The second-order valence-electron chi connectivity index (χ2n) is 8.38. The summed E-state index contributed by atoms with van der Waals surface area (Å²) in [5.74, 6) is -0.350. The first-order valence-corrected chi connectivity index (χ1v) is 11.6. The van der Waals surface area contributed by atoms with Crippen LogP contribution in [0.4, 0.5) is 0 Å². The van der Waals surface area contributed by atoms with E-state index in [4.69, 9.17) is 9.47 Å². The molecule has 32 heavy (non-hydrogen) atoms. The number of ketones is 1. The summed E-state index contributed by atoms with van der Waals surface area (Å²) in [4.78, 5) is 36.4. The van der Waals surface area contributed by atoms with E-state index in [2.05, 4.69) is 5.32 Å². The lowest BCUT2D eigenvalue weighted by Gasteiger charge is -2.24. The molecule has 0 saturated carbocycles. The number of nitrogens with one attached hydrogen (secondary N) is 1. The number of carbonyl (C=O) groups is 3. The molecular weight excluding hydrogens is 406 g/mol. The Morgan fingerprint density at radius 2 is 1.69 bits per heavy atom. The molecule has 0 saturated heterocycles. The molecule has 0 aliphatic rings. The van der Waals surface area contributed by atoms with Crippen molar-refractivity contribution < 1.29 is 23.9 Å². The molecule has 0 radical (unpaired) electrons. The van der Waals surface area contributed by atoms with Gasteiger partial charge in [-0.1, -0.05) is 56.3 Å². The largest absolute Gasteiger partial charge is 0.466 e. The minimum absolute atomic E-state index is 0.158. The van der Waals surface area contributed by atoms with E-state index in [-0.39, 0.29) is 17.7 Å². The third-order valence-electron chi connectivity index (χ3n) is 5.15. The van der Waals surface area contributed by atoms with Crippen molar-refractivity contribution in [3.05, 3.63) is 48.0 Å². The third-order valence-corrected chi connectivity index (χ3v) is 5.15. The van der Waals surface area contributed by atoms with E-state index in [1.165, 1.54) is 0 Å². The first kappa shape index (κ1) is 27.6. The third kappa shape index (κ3) is 11.2. The maximum Gasteiger partial charge on any atom is 0.323 e. The van der Waals surface area contributed by atoms with Crippen LogP contribution in [0.15, 0.2) is 42.5 Å². The molecule has 0 spiro atoms. The summed E-state index contributed by atoms with van der Waals surface area (Å²) in [6.07, 6.45) is 7.21. The minimum Gasteiger partial charge on any atom is -0.466 e. The Balaban J connectivity index is 2.47. The Labute approximate surface area is 192 Å². The van der Waals surface area contributed by atoms with Crippen molar-refractivity contribution in [1.29, 1.82) is 0 Å². The average molecular weight is 446 g/mol. The van der Waals surface area contributed by atoms with Gasteiger partial charge in [0, 0.05) is 24.8 Å². The average Bonchev–Trinajstić information content (AvgIpc) is 2.75. The highest BCUT2D eigenvalue weighted by Crippen LogP contribution is 2.24. The molecule has 0 aromatic heterocycles. The number of ether oxygens (including phenoxy) is 2. The quantitative estimate of drug-likeness (QED) is 0.230. The van der Waals surface area contributed by atoms with E-state index < -0.39 is 11.5 Å². The van der Waals surface area contributed by atoms with E-state index in [9.17, 15) is 14.4 Å². The van der Waals surface area contributed by atoms with Gasteiger partial charge < -0.3 is 14.8 Å². The lowest BCUT2D eigenvalue weighted by atomic mass is 9.80. The van der Waals surface area contributed by atoms with Crippen molar-refractivity contribution in [3.8, 4) is 0 Å². The van der Waals surface area contributed by atoms with Gasteiger partial charge >= 0.3 is 11.9 Å². The zero-order valence-corrected chi connectivity index (χ0v) is 20.0. The standard InChI is InChI=1S/C26H39NO5/c1-5-31-24(29)17-13-8-7-12-16-22(25(30)32-6-2)27-19-18-23(28)26(3,4)20-21-14-10-9-11-15-21/h7,9-12,14-15,22,27H,5-6,8,13,16-20H2,1-4H3/b12-7-. The van der Waals surface area contributed by atoms with Gasteiger partial charge in [-0.15, -0.1) is 0 Å². The first-order valence-electron chi connectivity index (χ1n) is 11.6. The molecule has 1 unspecified atom stereocenters. The summed E-state index contributed by atoms with van der Waals surface area (Å²) in [7, 11) is 0. The minimum atomic E-state index is -0.499. The highest BCUT2D eigenvalue weighted by atomic mass is 16.5. The summed E-state index contributed by atoms with van der Waals surface area (Å²) in [5.41, 5.74) is 0.665. The van der Waals surface area contributed by atoms with Crippen LogP contribution in [0.25, 0.3) is 0 Å². The van der Waals surface area contributed by atoms with Crippen molar-refractivity contribution >= 4 is 17.7 Å². The Morgan fingerprint density at radius 3 is 2.34 bits per heavy atom. The second-order valence-corrected chi connectivity index (χ2v) is 8.38. The predicted octanol–water partition coefficient (Wildman–Crippen LogP) is 4.42. The Hall–Kier alpha value is -2.47. The number of benzene rings is 1. The monoisotopic (exact) mass is 445 g/mol. The molecule has 0 amide bonds. The normalized spacial score (nSPS) is 12.5. The van der Waals surface area contributed by atoms with E-state index >= 15 is 0 Å². The summed E-state index contributed by atoms with van der Waals surface area (Å²) in [6, 6.07) is 9.48. The van der Waals surface area contributed by atoms with Crippen LogP contribution in [0.2, 0.25) is 0 Å². The molecule has 1 atom stereocenters. The lowest BCUT2D eigenvalue weighted by Crippen LogP contribution is -2.40. The maximum absolute atomic E-state index is 12.8. The molecule has 0 fully saturated rings. The van der Waals surface area contributed by atoms with E-state index in [0.29, 0.717) is 51.9 Å². The van der Waals surface area contributed by atoms with Gasteiger partial charge in [-0.2, -0.15) is 0 Å². The Bertz CT molecular complexity index is 727. The van der Waals surface area contributed by atoms with Crippen molar-refractivity contribution in [2.24, 2.45) is 5.41 Å². The van der Waals surface area contributed by atoms with Gasteiger partial charge in [-0.25, -0.2) is 0 Å². The van der Waals surface area contributed by atoms with E-state index in [0.717, 1.165) is 12.0 Å². The Morgan fingerprint density at radius 1 is 1.00 bits per heavy atom. The van der Waals surface area contributed by atoms with Crippen molar-refractivity contribution in [2.75, 3.05) is 19.8 Å². The molecule has 6 nitrogen and oxygen atoms in total. The van der Waals surface area contributed by atoms with Crippen LogP contribution >= 0.6 is 0 Å². The van der Waals surface area contributed by atoms with Crippen LogP contribution < -0.4 is 5.32 Å². The lowest BCUT2D eigenvalue weighted by molar-refractivity contribution is -0.146. The second kappa shape index (κ2) is 15.4. The van der Waals surface area contributed by atoms with E-state index in [1.54, 1.807) is 13.8 Å². The highest BCUT2D eigenvalue weighted by Gasteiger charge is 2.27. The van der Waals surface area contributed by atoms with Gasteiger partial charge in [0.25, 0.3) is 0 Å². The number of unbranched alkanes of at least 4 members (excludes halogenated alkanes) is 1. The zero-order valence-electron chi connectivity index (χ0n) is 20.0. The number of carbonyl (C=O) groups excluding carboxylic acids is 3. The topological polar surface area (TPSA) is 81.7 Å². The summed E-state index contributed by atoms with van der Waals surface area (Å²) in [6.45, 7) is 8.61. The molecule has 1 aromatic carbocycles. The predicted molar refractivity (Wildman–Crippen MR) is 126 cm³/mol. The van der Waals surface area contributed by atoms with Crippen LogP contribution in [0.5, 0.6) is 0 Å². The van der Waals surface area contributed by atoms with Crippen LogP contribution in [-0.2, 0) is 30.3 Å². The molecular formula is C26H39NO5. The molecule has 0 aliphatic heterocycles. The van der Waals surface area contributed by atoms with Gasteiger partial charge in [-0.05, 0) is 45.1 Å². The van der Waals surface area contributed by atoms with Crippen LogP contribution in [0, 0.1) is 5.41 Å². The molecule has 1 aromatic rings. The maximum atomic E-state index is 12.8. The molecule has 6 heteroatoms.